The fourth-order valence-electron chi connectivity index (χ4n) is 1.96. The van der Waals surface area contributed by atoms with E-state index in [0.29, 0.717) is 6.04 Å². The van der Waals surface area contributed by atoms with Crippen LogP contribution >= 0.6 is 15.9 Å². The maximum absolute atomic E-state index is 3.54. The molecule has 2 rings (SSSR count). The van der Waals surface area contributed by atoms with E-state index in [4.69, 9.17) is 0 Å². The largest absolute Gasteiger partial charge is 0.383 e. The van der Waals surface area contributed by atoms with Gasteiger partial charge in [0, 0.05) is 22.7 Å². The lowest BCUT2D eigenvalue weighted by Gasteiger charge is -2.14. The molecule has 0 aromatic heterocycles. The molecule has 1 saturated heterocycles. The number of hydrogen-bond donors (Lipinski definition) is 2. The van der Waals surface area contributed by atoms with Gasteiger partial charge < -0.3 is 10.6 Å². The number of halogens is 1. The summed E-state index contributed by atoms with van der Waals surface area (Å²) in [6.45, 7) is 4.33. The van der Waals surface area contributed by atoms with Crippen molar-refractivity contribution in [3.8, 4) is 0 Å². The van der Waals surface area contributed by atoms with Gasteiger partial charge in [0.05, 0.1) is 0 Å². The molecule has 1 fully saturated rings. The molecular formula is C12H17BrN2. The van der Waals surface area contributed by atoms with Crippen LogP contribution in [0.15, 0.2) is 22.7 Å². The fourth-order valence-corrected chi connectivity index (χ4v) is 2.33. The number of hydrogen-bond acceptors (Lipinski definition) is 2. The van der Waals surface area contributed by atoms with Gasteiger partial charge in [0.25, 0.3) is 0 Å². The molecule has 0 amide bonds. The molecule has 1 atom stereocenters. The second kappa shape index (κ2) is 4.99. The number of anilines is 1. The summed E-state index contributed by atoms with van der Waals surface area (Å²) in [6, 6.07) is 6.92. The van der Waals surface area contributed by atoms with E-state index in [1.54, 1.807) is 0 Å². The predicted molar refractivity (Wildman–Crippen MR) is 68.4 cm³/mol. The summed E-state index contributed by atoms with van der Waals surface area (Å²) in [5.41, 5.74) is 2.52. The van der Waals surface area contributed by atoms with Crippen molar-refractivity contribution in [2.24, 2.45) is 0 Å². The third-order valence-corrected chi connectivity index (χ3v) is 3.83. The van der Waals surface area contributed by atoms with Crippen molar-refractivity contribution >= 4 is 21.6 Å². The number of rotatable bonds is 3. The van der Waals surface area contributed by atoms with Gasteiger partial charge in [-0.1, -0.05) is 22.0 Å². The van der Waals surface area contributed by atoms with Crippen LogP contribution in [-0.2, 0) is 0 Å². The quantitative estimate of drug-likeness (QED) is 0.881. The molecule has 1 heterocycles. The normalized spacial score (nSPS) is 20.5. The molecule has 15 heavy (non-hydrogen) atoms. The van der Waals surface area contributed by atoms with E-state index in [-0.39, 0.29) is 0 Å². The molecule has 82 valence electrons. The van der Waals surface area contributed by atoms with E-state index in [2.05, 4.69) is 51.7 Å². The van der Waals surface area contributed by atoms with Crippen molar-refractivity contribution in [3.05, 3.63) is 28.2 Å². The highest BCUT2D eigenvalue weighted by atomic mass is 79.9. The molecule has 2 nitrogen and oxygen atoms in total. The van der Waals surface area contributed by atoms with E-state index in [1.165, 1.54) is 35.1 Å². The monoisotopic (exact) mass is 268 g/mol. The van der Waals surface area contributed by atoms with E-state index in [1.807, 2.05) is 0 Å². The zero-order valence-corrected chi connectivity index (χ0v) is 10.6. The standard InChI is InChI=1S/C12H17BrN2/c1-9-11(13)5-2-6-12(9)15-8-10-4-3-7-14-10/h2,5-6,10,14-15H,3-4,7-8H2,1H3. The van der Waals surface area contributed by atoms with E-state index in [0.717, 1.165) is 6.54 Å². The molecule has 0 saturated carbocycles. The highest BCUT2D eigenvalue weighted by molar-refractivity contribution is 9.10. The van der Waals surface area contributed by atoms with Crippen LogP contribution in [0.5, 0.6) is 0 Å². The van der Waals surface area contributed by atoms with Crippen molar-refractivity contribution in [1.82, 2.24) is 5.32 Å². The van der Waals surface area contributed by atoms with Crippen LogP contribution < -0.4 is 10.6 Å². The van der Waals surface area contributed by atoms with Gasteiger partial charge in [0.2, 0.25) is 0 Å². The third-order valence-electron chi connectivity index (χ3n) is 2.97. The van der Waals surface area contributed by atoms with Crippen molar-refractivity contribution in [2.45, 2.75) is 25.8 Å². The van der Waals surface area contributed by atoms with Gasteiger partial charge in [-0.25, -0.2) is 0 Å². The Labute approximate surface area is 99.6 Å². The van der Waals surface area contributed by atoms with Crippen molar-refractivity contribution in [2.75, 3.05) is 18.4 Å². The summed E-state index contributed by atoms with van der Waals surface area (Å²) in [7, 11) is 0. The number of benzene rings is 1. The zero-order valence-electron chi connectivity index (χ0n) is 9.02. The molecule has 1 aromatic carbocycles. The molecule has 0 spiro atoms. The van der Waals surface area contributed by atoms with E-state index < -0.39 is 0 Å². The minimum atomic E-state index is 0.642. The Bertz CT molecular complexity index is 332. The molecule has 0 radical (unpaired) electrons. The maximum atomic E-state index is 3.54. The van der Waals surface area contributed by atoms with Gasteiger partial charge in [-0.3, -0.25) is 0 Å². The van der Waals surface area contributed by atoms with Crippen LogP contribution in [0.1, 0.15) is 18.4 Å². The van der Waals surface area contributed by atoms with Crippen LogP contribution in [0, 0.1) is 6.92 Å². The molecule has 0 bridgehead atoms. The predicted octanol–water partition coefficient (Wildman–Crippen LogP) is 2.92. The topological polar surface area (TPSA) is 24.1 Å². The SMILES string of the molecule is Cc1c(Br)cccc1NCC1CCCN1. The highest BCUT2D eigenvalue weighted by Gasteiger charge is 2.13. The van der Waals surface area contributed by atoms with Gasteiger partial charge in [-0.2, -0.15) is 0 Å². The Morgan fingerprint density at radius 2 is 2.40 bits per heavy atom. The van der Waals surface area contributed by atoms with Crippen molar-refractivity contribution in [1.29, 1.82) is 0 Å². The average Bonchev–Trinajstić information content (AvgIpc) is 2.73. The molecule has 3 heteroatoms. The minimum Gasteiger partial charge on any atom is -0.383 e. The van der Waals surface area contributed by atoms with Gasteiger partial charge in [-0.15, -0.1) is 0 Å². The Kier molecular flexibility index (Phi) is 3.65. The maximum Gasteiger partial charge on any atom is 0.0381 e. The number of nitrogens with one attached hydrogen (secondary N) is 2. The molecule has 0 aliphatic carbocycles. The summed E-state index contributed by atoms with van der Waals surface area (Å²) in [5, 5.41) is 6.99. The summed E-state index contributed by atoms with van der Waals surface area (Å²) in [4.78, 5) is 0. The van der Waals surface area contributed by atoms with E-state index >= 15 is 0 Å². The Hall–Kier alpha value is -0.540. The van der Waals surface area contributed by atoms with Crippen LogP contribution in [0.4, 0.5) is 5.69 Å². The first-order valence-electron chi connectivity index (χ1n) is 5.50. The Balaban J connectivity index is 1.95. The highest BCUT2D eigenvalue weighted by Crippen LogP contribution is 2.23. The smallest absolute Gasteiger partial charge is 0.0381 e. The van der Waals surface area contributed by atoms with Crippen molar-refractivity contribution in [3.63, 3.8) is 0 Å². The zero-order chi connectivity index (χ0) is 10.7. The summed E-state index contributed by atoms with van der Waals surface area (Å²) < 4.78 is 1.17. The van der Waals surface area contributed by atoms with Crippen LogP contribution in [-0.4, -0.2) is 19.1 Å². The molecule has 1 unspecified atom stereocenters. The molecule has 1 aromatic rings. The van der Waals surface area contributed by atoms with Gasteiger partial charge >= 0.3 is 0 Å². The van der Waals surface area contributed by atoms with Gasteiger partial charge in [-0.05, 0) is 44.0 Å². The van der Waals surface area contributed by atoms with Crippen LogP contribution in [0.2, 0.25) is 0 Å². The second-order valence-corrected chi connectivity index (χ2v) is 4.94. The van der Waals surface area contributed by atoms with Crippen molar-refractivity contribution < 1.29 is 0 Å². The first kappa shape index (κ1) is 11.0. The van der Waals surface area contributed by atoms with Gasteiger partial charge in [0.15, 0.2) is 0 Å². The Morgan fingerprint density at radius 3 is 3.13 bits per heavy atom. The van der Waals surface area contributed by atoms with Gasteiger partial charge in [0.1, 0.15) is 0 Å². The summed E-state index contributed by atoms with van der Waals surface area (Å²) in [5.74, 6) is 0. The second-order valence-electron chi connectivity index (χ2n) is 4.09. The lowest BCUT2D eigenvalue weighted by Crippen LogP contribution is -2.29. The van der Waals surface area contributed by atoms with Crippen LogP contribution in [0.3, 0.4) is 0 Å². The average molecular weight is 269 g/mol. The van der Waals surface area contributed by atoms with Crippen LogP contribution in [0.25, 0.3) is 0 Å². The fraction of sp³-hybridized carbons (Fsp3) is 0.500. The summed E-state index contributed by atoms with van der Waals surface area (Å²) >= 11 is 3.54. The first-order chi connectivity index (χ1) is 7.27. The summed E-state index contributed by atoms with van der Waals surface area (Å²) in [6.07, 6.45) is 2.60. The Morgan fingerprint density at radius 1 is 1.53 bits per heavy atom. The minimum absolute atomic E-state index is 0.642. The first-order valence-corrected chi connectivity index (χ1v) is 6.29. The molecular weight excluding hydrogens is 252 g/mol. The molecule has 1 aliphatic heterocycles. The lowest BCUT2D eigenvalue weighted by atomic mass is 10.2. The molecule has 1 aliphatic rings. The third kappa shape index (κ3) is 2.73. The lowest BCUT2D eigenvalue weighted by molar-refractivity contribution is 0.633. The van der Waals surface area contributed by atoms with E-state index in [9.17, 15) is 0 Å². The molecule has 2 N–H and O–H groups in total.